The Labute approximate surface area is 115 Å². The van der Waals surface area contributed by atoms with Crippen LogP contribution in [0.15, 0.2) is 42.5 Å². The molecule has 6 heteroatoms. The lowest BCUT2D eigenvalue weighted by Gasteiger charge is -2.09. The lowest BCUT2D eigenvalue weighted by Crippen LogP contribution is -2.19. The zero-order chi connectivity index (χ0) is 14.5. The zero-order valence-corrected chi connectivity index (χ0v) is 10.8. The number of carbonyl (C=O) groups is 1. The minimum atomic E-state index is -0.544. The Morgan fingerprint density at radius 2 is 1.70 bits per heavy atom. The molecule has 5 nitrogen and oxygen atoms in total. The van der Waals surface area contributed by atoms with Crippen LogP contribution in [0.1, 0.15) is 0 Å². The number of carbonyl (C=O) groups excluding carboxylic acids is 1. The van der Waals surface area contributed by atoms with Crippen LogP contribution in [-0.2, 0) is 0 Å². The van der Waals surface area contributed by atoms with Gasteiger partial charge in [-0.05, 0) is 36.4 Å². The average Bonchev–Trinajstić information content (AvgIpc) is 2.41. The Bertz CT molecular complexity index is 614. The highest BCUT2D eigenvalue weighted by molar-refractivity contribution is 5.99. The standard InChI is InChI=1S/C14H14FN3O2/c1-20-13-7-6-11(8-12(13)15)18-14(19)17-10-4-2-9(16)3-5-10/h2-8H,16H2,1H3,(H2,17,18,19). The summed E-state index contributed by atoms with van der Waals surface area (Å²) in [7, 11) is 1.37. The number of nitrogen functional groups attached to an aromatic ring is 1. The molecule has 0 atom stereocenters. The molecule has 0 spiro atoms. The van der Waals surface area contributed by atoms with E-state index < -0.39 is 11.8 Å². The Hall–Kier alpha value is -2.76. The van der Waals surface area contributed by atoms with Gasteiger partial charge < -0.3 is 21.1 Å². The van der Waals surface area contributed by atoms with E-state index in [1.807, 2.05) is 0 Å². The van der Waals surface area contributed by atoms with Gasteiger partial charge >= 0.3 is 6.03 Å². The topological polar surface area (TPSA) is 76.4 Å². The van der Waals surface area contributed by atoms with E-state index in [1.54, 1.807) is 30.3 Å². The van der Waals surface area contributed by atoms with E-state index in [9.17, 15) is 9.18 Å². The number of urea groups is 1. The molecule has 0 aliphatic rings. The number of rotatable bonds is 3. The van der Waals surface area contributed by atoms with Gasteiger partial charge in [0.2, 0.25) is 0 Å². The largest absolute Gasteiger partial charge is 0.494 e. The van der Waals surface area contributed by atoms with Gasteiger partial charge in [0, 0.05) is 23.1 Å². The van der Waals surface area contributed by atoms with Gasteiger partial charge in [-0.2, -0.15) is 0 Å². The number of methoxy groups -OCH3 is 1. The van der Waals surface area contributed by atoms with Gasteiger partial charge in [-0.25, -0.2) is 9.18 Å². The third-order valence-corrected chi connectivity index (χ3v) is 2.58. The molecule has 0 fully saturated rings. The van der Waals surface area contributed by atoms with Gasteiger partial charge in [0.15, 0.2) is 11.6 Å². The van der Waals surface area contributed by atoms with E-state index in [0.29, 0.717) is 17.1 Å². The highest BCUT2D eigenvalue weighted by atomic mass is 19.1. The third kappa shape index (κ3) is 3.38. The number of anilines is 3. The van der Waals surface area contributed by atoms with E-state index >= 15 is 0 Å². The molecule has 20 heavy (non-hydrogen) atoms. The molecule has 0 aliphatic carbocycles. The van der Waals surface area contributed by atoms with E-state index in [-0.39, 0.29) is 5.75 Å². The number of hydrogen-bond acceptors (Lipinski definition) is 3. The number of benzene rings is 2. The minimum absolute atomic E-state index is 0.120. The second-order valence-electron chi connectivity index (χ2n) is 4.05. The van der Waals surface area contributed by atoms with E-state index in [1.165, 1.54) is 19.2 Å². The van der Waals surface area contributed by atoms with Crippen molar-refractivity contribution in [2.75, 3.05) is 23.5 Å². The third-order valence-electron chi connectivity index (χ3n) is 2.58. The Morgan fingerprint density at radius 1 is 1.10 bits per heavy atom. The molecule has 0 saturated heterocycles. The van der Waals surface area contributed by atoms with Crippen LogP contribution in [0.5, 0.6) is 5.75 Å². The molecular weight excluding hydrogens is 261 g/mol. The highest BCUT2D eigenvalue weighted by Gasteiger charge is 2.06. The first-order valence-electron chi connectivity index (χ1n) is 5.85. The Morgan fingerprint density at radius 3 is 2.30 bits per heavy atom. The van der Waals surface area contributed by atoms with Crippen molar-refractivity contribution < 1.29 is 13.9 Å². The quantitative estimate of drug-likeness (QED) is 0.753. The molecule has 0 heterocycles. The summed E-state index contributed by atoms with van der Waals surface area (Å²) >= 11 is 0. The normalized spacial score (nSPS) is 9.90. The molecule has 104 valence electrons. The van der Waals surface area contributed by atoms with Gasteiger partial charge in [-0.1, -0.05) is 0 Å². The maximum atomic E-state index is 13.5. The molecule has 4 N–H and O–H groups in total. The van der Waals surface area contributed by atoms with Crippen LogP contribution in [0.2, 0.25) is 0 Å². The number of halogens is 1. The van der Waals surface area contributed by atoms with Gasteiger partial charge in [0.25, 0.3) is 0 Å². The molecule has 2 amide bonds. The van der Waals surface area contributed by atoms with Crippen molar-refractivity contribution in [3.63, 3.8) is 0 Å². The molecule has 0 radical (unpaired) electrons. The van der Waals surface area contributed by atoms with Crippen LogP contribution in [-0.4, -0.2) is 13.1 Å². The summed E-state index contributed by atoms with van der Waals surface area (Å²) in [5, 5.41) is 5.13. The summed E-state index contributed by atoms with van der Waals surface area (Å²) in [4.78, 5) is 11.7. The smallest absolute Gasteiger partial charge is 0.323 e. The van der Waals surface area contributed by atoms with Crippen molar-refractivity contribution in [3.05, 3.63) is 48.3 Å². The fraction of sp³-hybridized carbons (Fsp3) is 0.0714. The van der Waals surface area contributed by atoms with Crippen LogP contribution in [0, 0.1) is 5.82 Å². The molecule has 2 rings (SSSR count). The van der Waals surface area contributed by atoms with Crippen LogP contribution < -0.4 is 21.1 Å². The van der Waals surface area contributed by atoms with Crippen molar-refractivity contribution in [2.45, 2.75) is 0 Å². The Kier molecular flexibility index (Phi) is 4.05. The van der Waals surface area contributed by atoms with E-state index in [0.717, 1.165) is 0 Å². The molecule has 0 unspecified atom stereocenters. The zero-order valence-electron chi connectivity index (χ0n) is 10.8. The summed E-state index contributed by atoms with van der Waals surface area (Å²) in [6.45, 7) is 0. The summed E-state index contributed by atoms with van der Waals surface area (Å²) in [6.07, 6.45) is 0. The fourth-order valence-corrected chi connectivity index (χ4v) is 1.60. The van der Waals surface area contributed by atoms with Crippen LogP contribution >= 0.6 is 0 Å². The minimum Gasteiger partial charge on any atom is -0.494 e. The van der Waals surface area contributed by atoms with Crippen molar-refractivity contribution in [1.82, 2.24) is 0 Å². The first-order valence-corrected chi connectivity index (χ1v) is 5.85. The number of nitrogens with two attached hydrogens (primary N) is 1. The predicted molar refractivity (Wildman–Crippen MR) is 76.4 cm³/mol. The molecule has 2 aromatic carbocycles. The number of nitrogens with one attached hydrogen (secondary N) is 2. The number of hydrogen-bond donors (Lipinski definition) is 3. The van der Waals surface area contributed by atoms with Crippen molar-refractivity contribution in [1.29, 1.82) is 0 Å². The molecular formula is C14H14FN3O2. The summed E-state index contributed by atoms with van der Waals surface area (Å²) < 4.78 is 18.3. The van der Waals surface area contributed by atoms with Crippen LogP contribution in [0.4, 0.5) is 26.2 Å². The lowest BCUT2D eigenvalue weighted by molar-refractivity contribution is 0.262. The first kappa shape index (κ1) is 13.7. The van der Waals surface area contributed by atoms with E-state index in [2.05, 4.69) is 10.6 Å². The van der Waals surface area contributed by atoms with Crippen LogP contribution in [0.25, 0.3) is 0 Å². The van der Waals surface area contributed by atoms with Gasteiger partial charge in [-0.3, -0.25) is 0 Å². The molecule has 0 aromatic heterocycles. The van der Waals surface area contributed by atoms with Crippen molar-refractivity contribution >= 4 is 23.1 Å². The maximum Gasteiger partial charge on any atom is 0.323 e. The SMILES string of the molecule is COc1ccc(NC(=O)Nc2ccc(N)cc2)cc1F. The maximum absolute atomic E-state index is 13.5. The van der Waals surface area contributed by atoms with Crippen molar-refractivity contribution in [2.24, 2.45) is 0 Å². The molecule has 0 aliphatic heterocycles. The monoisotopic (exact) mass is 275 g/mol. The summed E-state index contributed by atoms with van der Waals surface area (Å²) in [5.41, 5.74) is 7.07. The number of ether oxygens (including phenoxy) is 1. The van der Waals surface area contributed by atoms with Crippen molar-refractivity contribution in [3.8, 4) is 5.75 Å². The summed E-state index contributed by atoms with van der Waals surface area (Å²) in [5.74, 6) is -0.424. The first-order chi connectivity index (χ1) is 9.58. The van der Waals surface area contributed by atoms with E-state index in [4.69, 9.17) is 10.5 Å². The average molecular weight is 275 g/mol. The van der Waals surface area contributed by atoms with Gasteiger partial charge in [-0.15, -0.1) is 0 Å². The molecule has 0 saturated carbocycles. The van der Waals surface area contributed by atoms with Crippen LogP contribution in [0.3, 0.4) is 0 Å². The predicted octanol–water partition coefficient (Wildman–Crippen LogP) is 3.06. The van der Waals surface area contributed by atoms with Gasteiger partial charge in [0.1, 0.15) is 0 Å². The second-order valence-corrected chi connectivity index (χ2v) is 4.05. The fourth-order valence-electron chi connectivity index (χ4n) is 1.60. The number of amides is 2. The lowest BCUT2D eigenvalue weighted by atomic mass is 10.3. The second kappa shape index (κ2) is 5.92. The molecule has 0 bridgehead atoms. The van der Waals surface area contributed by atoms with Gasteiger partial charge in [0.05, 0.1) is 7.11 Å². The molecule has 2 aromatic rings. The Balaban J connectivity index is 2.01. The highest BCUT2D eigenvalue weighted by Crippen LogP contribution is 2.20. The summed E-state index contributed by atoms with van der Waals surface area (Å²) in [6, 6.07) is 10.4.